The topological polar surface area (TPSA) is 100 Å². The van der Waals surface area contributed by atoms with Crippen LogP contribution < -0.4 is 10.6 Å². The minimum Gasteiger partial charge on any atom is -0.481 e. The van der Waals surface area contributed by atoms with Gasteiger partial charge in [0, 0.05) is 20.0 Å². The van der Waals surface area contributed by atoms with Gasteiger partial charge in [-0.1, -0.05) is 5.16 Å². The summed E-state index contributed by atoms with van der Waals surface area (Å²) in [6.45, 7) is 3.44. The van der Waals surface area contributed by atoms with E-state index in [9.17, 15) is 4.79 Å². The van der Waals surface area contributed by atoms with Gasteiger partial charge in [-0.05, 0) is 0 Å². The van der Waals surface area contributed by atoms with Crippen LogP contribution in [0, 0.1) is 6.92 Å². The molecule has 0 atom stereocenters. The van der Waals surface area contributed by atoms with Gasteiger partial charge in [0.1, 0.15) is 0 Å². The Morgan fingerprint density at radius 2 is 2.44 bits per heavy atom. The van der Waals surface area contributed by atoms with E-state index in [4.69, 9.17) is 9.63 Å². The number of rotatable bonds is 5. The summed E-state index contributed by atoms with van der Waals surface area (Å²) in [6.07, 6.45) is 0.0941. The molecule has 0 spiro atoms. The quantitative estimate of drug-likeness (QED) is 0.609. The maximum atomic E-state index is 10.7. The lowest BCUT2D eigenvalue weighted by Crippen LogP contribution is -2.68. The molecule has 1 fully saturated rings. The summed E-state index contributed by atoms with van der Waals surface area (Å²) in [7, 11) is 0. The third kappa shape index (κ3) is 2.37. The van der Waals surface area contributed by atoms with E-state index < -0.39 is 5.97 Å². The summed E-state index contributed by atoms with van der Waals surface area (Å²) in [5.74, 6) is 0.253. The molecule has 0 aromatic carbocycles. The Kier molecular flexibility index (Phi) is 2.88. The number of nitrogens with zero attached hydrogens (tertiary/aromatic N) is 2. The molecular formula is C9H14N4O3. The fourth-order valence-electron chi connectivity index (χ4n) is 1.71. The Balaban J connectivity index is 1.90. The van der Waals surface area contributed by atoms with Crippen LogP contribution in [0.1, 0.15) is 18.1 Å². The predicted molar refractivity (Wildman–Crippen MR) is 53.7 cm³/mol. The van der Waals surface area contributed by atoms with Crippen LogP contribution in [0.5, 0.6) is 0 Å². The highest BCUT2D eigenvalue weighted by Gasteiger charge is 2.38. The normalized spacial score (nSPS) is 18.1. The molecule has 2 heterocycles. The number of aryl methyl sites for hydroxylation is 1. The smallest absolute Gasteiger partial charge is 0.305 e. The molecule has 0 amide bonds. The fourth-order valence-corrected chi connectivity index (χ4v) is 1.71. The van der Waals surface area contributed by atoms with E-state index in [1.165, 1.54) is 0 Å². The zero-order valence-corrected chi connectivity index (χ0v) is 8.99. The number of hydrogen-bond acceptors (Lipinski definition) is 6. The van der Waals surface area contributed by atoms with E-state index >= 15 is 0 Å². The molecule has 88 valence electrons. The lowest BCUT2D eigenvalue weighted by Gasteiger charge is -2.42. The number of carboxylic acid groups (broad SMARTS) is 1. The van der Waals surface area contributed by atoms with Gasteiger partial charge in [0.2, 0.25) is 5.89 Å². The number of carboxylic acids is 1. The van der Waals surface area contributed by atoms with Crippen molar-refractivity contribution in [2.45, 2.75) is 25.4 Å². The molecule has 0 aliphatic carbocycles. The first kappa shape index (κ1) is 11.0. The van der Waals surface area contributed by atoms with Crippen LogP contribution in [-0.4, -0.2) is 39.8 Å². The average molecular weight is 226 g/mol. The molecule has 7 heteroatoms. The lowest BCUT2D eigenvalue weighted by atomic mass is 9.88. The van der Waals surface area contributed by atoms with Gasteiger partial charge in [0.25, 0.3) is 0 Å². The highest BCUT2D eigenvalue weighted by molar-refractivity contribution is 5.68. The zero-order valence-electron chi connectivity index (χ0n) is 8.99. The van der Waals surface area contributed by atoms with Crippen molar-refractivity contribution in [3.63, 3.8) is 0 Å². The van der Waals surface area contributed by atoms with Crippen LogP contribution >= 0.6 is 0 Å². The van der Waals surface area contributed by atoms with E-state index in [2.05, 4.69) is 20.8 Å². The first-order valence-corrected chi connectivity index (χ1v) is 5.06. The molecule has 1 saturated heterocycles. The summed E-state index contributed by atoms with van der Waals surface area (Å²) in [6, 6.07) is 0. The Morgan fingerprint density at radius 3 is 2.88 bits per heavy atom. The van der Waals surface area contributed by atoms with Gasteiger partial charge >= 0.3 is 5.97 Å². The van der Waals surface area contributed by atoms with E-state index in [0.29, 0.717) is 31.3 Å². The Hall–Kier alpha value is -1.47. The van der Waals surface area contributed by atoms with Gasteiger partial charge in [-0.3, -0.25) is 4.79 Å². The van der Waals surface area contributed by atoms with Crippen molar-refractivity contribution in [3.05, 3.63) is 11.7 Å². The van der Waals surface area contributed by atoms with Crippen LogP contribution in [0.15, 0.2) is 4.52 Å². The molecule has 1 aliphatic rings. The molecule has 3 N–H and O–H groups in total. The second-order valence-corrected chi connectivity index (χ2v) is 4.04. The molecule has 0 unspecified atom stereocenters. The maximum absolute atomic E-state index is 10.7. The number of carbonyl (C=O) groups is 1. The number of hydrogen-bond donors (Lipinski definition) is 3. The average Bonchev–Trinajstić information content (AvgIpc) is 2.55. The highest BCUT2D eigenvalue weighted by Crippen LogP contribution is 2.16. The standard InChI is InChI=1S/C9H14N4O3/c1-6-12-7(13-16-6)3-11-9(2-8(14)15)4-10-5-9/h10-11H,2-5H2,1H3,(H,14,15). The molecule has 1 aromatic heterocycles. The lowest BCUT2D eigenvalue weighted by molar-refractivity contribution is -0.139. The van der Waals surface area contributed by atoms with Crippen molar-refractivity contribution in [1.82, 2.24) is 20.8 Å². The van der Waals surface area contributed by atoms with Gasteiger partial charge in [-0.2, -0.15) is 4.98 Å². The van der Waals surface area contributed by atoms with E-state index in [0.717, 1.165) is 0 Å². The second-order valence-electron chi connectivity index (χ2n) is 4.04. The van der Waals surface area contributed by atoms with Crippen molar-refractivity contribution in [1.29, 1.82) is 0 Å². The second kappa shape index (κ2) is 4.18. The fraction of sp³-hybridized carbons (Fsp3) is 0.667. The molecule has 2 rings (SSSR count). The Bertz CT molecular complexity index is 386. The van der Waals surface area contributed by atoms with Crippen LogP contribution in [-0.2, 0) is 11.3 Å². The molecule has 16 heavy (non-hydrogen) atoms. The Morgan fingerprint density at radius 1 is 1.69 bits per heavy atom. The number of aromatic nitrogens is 2. The third-order valence-corrected chi connectivity index (χ3v) is 2.61. The van der Waals surface area contributed by atoms with Gasteiger partial charge < -0.3 is 20.3 Å². The van der Waals surface area contributed by atoms with E-state index in [-0.39, 0.29) is 12.0 Å². The first-order valence-electron chi connectivity index (χ1n) is 5.06. The van der Waals surface area contributed by atoms with Crippen molar-refractivity contribution in [2.75, 3.05) is 13.1 Å². The predicted octanol–water partition coefficient (Wildman–Crippen LogP) is -0.716. The zero-order chi connectivity index (χ0) is 11.6. The molecule has 1 aromatic rings. The van der Waals surface area contributed by atoms with Crippen LogP contribution in [0.2, 0.25) is 0 Å². The summed E-state index contributed by atoms with van der Waals surface area (Å²) in [5.41, 5.74) is -0.375. The SMILES string of the molecule is Cc1nc(CNC2(CC(=O)O)CNC2)no1. The summed E-state index contributed by atoms with van der Waals surface area (Å²) < 4.78 is 4.83. The Labute approximate surface area is 92.2 Å². The van der Waals surface area contributed by atoms with Gasteiger partial charge in [-0.15, -0.1) is 0 Å². The number of nitrogens with one attached hydrogen (secondary N) is 2. The van der Waals surface area contributed by atoms with Gasteiger partial charge in [-0.25, -0.2) is 0 Å². The van der Waals surface area contributed by atoms with E-state index in [1.54, 1.807) is 6.92 Å². The molecule has 7 nitrogen and oxygen atoms in total. The third-order valence-electron chi connectivity index (χ3n) is 2.61. The van der Waals surface area contributed by atoms with Crippen molar-refractivity contribution < 1.29 is 14.4 Å². The molecule has 1 aliphatic heterocycles. The summed E-state index contributed by atoms with van der Waals surface area (Å²) in [5, 5.41) is 18.8. The van der Waals surface area contributed by atoms with Crippen LogP contribution in [0.3, 0.4) is 0 Å². The van der Waals surface area contributed by atoms with Crippen molar-refractivity contribution in [2.24, 2.45) is 0 Å². The molecule has 0 saturated carbocycles. The largest absolute Gasteiger partial charge is 0.481 e. The minimum absolute atomic E-state index is 0.0941. The molecule has 0 radical (unpaired) electrons. The van der Waals surface area contributed by atoms with Gasteiger partial charge in [0.15, 0.2) is 5.82 Å². The van der Waals surface area contributed by atoms with Gasteiger partial charge in [0.05, 0.1) is 18.5 Å². The van der Waals surface area contributed by atoms with Crippen LogP contribution in [0.25, 0.3) is 0 Å². The van der Waals surface area contributed by atoms with Crippen LogP contribution in [0.4, 0.5) is 0 Å². The van der Waals surface area contributed by atoms with Crippen molar-refractivity contribution >= 4 is 5.97 Å². The van der Waals surface area contributed by atoms with E-state index in [1.807, 2.05) is 0 Å². The minimum atomic E-state index is -0.807. The summed E-state index contributed by atoms with van der Waals surface area (Å²) >= 11 is 0. The van der Waals surface area contributed by atoms with Crippen molar-refractivity contribution in [3.8, 4) is 0 Å². The maximum Gasteiger partial charge on any atom is 0.305 e. The molecule has 0 bridgehead atoms. The summed E-state index contributed by atoms with van der Waals surface area (Å²) in [4.78, 5) is 14.7. The highest BCUT2D eigenvalue weighted by atomic mass is 16.5. The molecular weight excluding hydrogens is 212 g/mol. The first-order chi connectivity index (χ1) is 7.60. The monoisotopic (exact) mass is 226 g/mol. The number of aliphatic carboxylic acids is 1.